The number of hydrogen-bond acceptors (Lipinski definition) is 7. The van der Waals surface area contributed by atoms with E-state index in [1.165, 1.54) is 17.7 Å². The Hall–Kier alpha value is -2.58. The molecule has 3 heterocycles. The lowest BCUT2D eigenvalue weighted by Gasteiger charge is -2.07. The average molecular weight is 371 g/mol. The van der Waals surface area contributed by atoms with Gasteiger partial charge in [0, 0.05) is 38.5 Å². The van der Waals surface area contributed by atoms with Crippen molar-refractivity contribution in [1.82, 2.24) is 20.3 Å². The largest absolute Gasteiger partial charge is 0.383 e. The number of methoxy groups -OCH3 is 1. The van der Waals surface area contributed by atoms with E-state index in [1.54, 1.807) is 13.3 Å². The zero-order valence-electron chi connectivity index (χ0n) is 14.8. The number of ether oxygens (including phenoxy) is 1. The molecule has 0 unspecified atom stereocenters. The van der Waals surface area contributed by atoms with Crippen molar-refractivity contribution in [3.05, 3.63) is 46.9 Å². The molecule has 0 saturated carbocycles. The van der Waals surface area contributed by atoms with Gasteiger partial charge in [0.25, 0.3) is 5.91 Å². The van der Waals surface area contributed by atoms with E-state index in [4.69, 9.17) is 4.74 Å². The maximum absolute atomic E-state index is 12.4. The van der Waals surface area contributed by atoms with E-state index in [0.29, 0.717) is 24.6 Å². The number of pyridine rings is 1. The van der Waals surface area contributed by atoms with E-state index < -0.39 is 0 Å². The number of amides is 1. The second-order valence-corrected chi connectivity index (χ2v) is 6.70. The minimum Gasteiger partial charge on any atom is -0.383 e. The van der Waals surface area contributed by atoms with Crippen LogP contribution in [0.25, 0.3) is 10.2 Å². The molecule has 0 aliphatic heterocycles. The van der Waals surface area contributed by atoms with Crippen molar-refractivity contribution in [3.8, 4) is 0 Å². The van der Waals surface area contributed by atoms with Crippen LogP contribution in [-0.2, 0) is 11.2 Å². The fourth-order valence-electron chi connectivity index (χ4n) is 2.62. The highest BCUT2D eigenvalue weighted by Gasteiger charge is 2.18. The first-order valence-corrected chi connectivity index (χ1v) is 9.17. The third kappa shape index (κ3) is 4.14. The lowest BCUT2D eigenvalue weighted by Crippen LogP contribution is -2.26. The number of carbonyl (C=O) groups excluding carboxylic acids is 1. The molecule has 0 atom stereocenters. The Morgan fingerprint density at radius 2 is 2.12 bits per heavy atom. The zero-order valence-corrected chi connectivity index (χ0v) is 15.6. The smallest absolute Gasteiger partial charge is 0.261 e. The molecule has 3 rings (SSSR count). The molecule has 0 fully saturated rings. The molecule has 0 aliphatic rings. The highest BCUT2D eigenvalue weighted by atomic mass is 32.1. The highest BCUT2D eigenvalue weighted by Crippen LogP contribution is 2.33. The van der Waals surface area contributed by atoms with Gasteiger partial charge in [-0.25, -0.2) is 9.97 Å². The molecular weight excluding hydrogens is 350 g/mol. The number of aryl methyl sites for hydroxylation is 1. The normalized spacial score (nSPS) is 10.8. The van der Waals surface area contributed by atoms with Gasteiger partial charge >= 0.3 is 0 Å². The summed E-state index contributed by atoms with van der Waals surface area (Å²) < 4.78 is 4.97. The first-order chi connectivity index (χ1) is 12.7. The van der Waals surface area contributed by atoms with Gasteiger partial charge in [0.2, 0.25) is 0 Å². The Morgan fingerprint density at radius 3 is 2.88 bits per heavy atom. The molecule has 1 amide bonds. The Bertz CT molecular complexity index is 882. The summed E-state index contributed by atoms with van der Waals surface area (Å²) in [5.74, 6) is 0.637. The summed E-state index contributed by atoms with van der Waals surface area (Å²) in [6.45, 7) is 3.59. The topological polar surface area (TPSA) is 89.0 Å². The fourth-order valence-corrected chi connectivity index (χ4v) is 3.69. The van der Waals surface area contributed by atoms with Crippen LogP contribution in [0.15, 0.2) is 30.7 Å². The summed E-state index contributed by atoms with van der Waals surface area (Å²) in [7, 11) is 1.61. The van der Waals surface area contributed by atoms with Gasteiger partial charge < -0.3 is 15.4 Å². The van der Waals surface area contributed by atoms with Crippen LogP contribution >= 0.6 is 11.3 Å². The number of nitrogens with one attached hydrogen (secondary N) is 2. The Morgan fingerprint density at radius 1 is 1.23 bits per heavy atom. The number of fused-ring (bicyclic) bond motifs is 1. The quantitative estimate of drug-likeness (QED) is 0.591. The van der Waals surface area contributed by atoms with Crippen LogP contribution in [0.4, 0.5) is 5.82 Å². The molecule has 7 nitrogen and oxygen atoms in total. The number of aromatic nitrogens is 3. The van der Waals surface area contributed by atoms with E-state index in [-0.39, 0.29) is 5.91 Å². The SMILES string of the molecule is COCCNC(=O)c1sc2ncnc(NCCc3ccccn3)c2c1C. The second-order valence-electron chi connectivity index (χ2n) is 5.71. The summed E-state index contributed by atoms with van der Waals surface area (Å²) in [5.41, 5.74) is 1.91. The maximum atomic E-state index is 12.4. The maximum Gasteiger partial charge on any atom is 0.261 e. The minimum absolute atomic E-state index is 0.109. The molecule has 0 spiro atoms. The van der Waals surface area contributed by atoms with Gasteiger partial charge in [-0.05, 0) is 24.6 Å². The number of carbonyl (C=O) groups is 1. The van der Waals surface area contributed by atoms with Crippen molar-refractivity contribution in [2.75, 3.05) is 32.1 Å². The number of anilines is 1. The van der Waals surface area contributed by atoms with Crippen LogP contribution in [-0.4, -0.2) is 47.7 Å². The number of thiophene rings is 1. The molecule has 26 heavy (non-hydrogen) atoms. The summed E-state index contributed by atoms with van der Waals surface area (Å²) in [5, 5.41) is 7.10. The molecule has 0 aliphatic carbocycles. The van der Waals surface area contributed by atoms with Gasteiger partial charge in [-0.3, -0.25) is 9.78 Å². The Kier molecular flexibility index (Phi) is 6.08. The lowest BCUT2D eigenvalue weighted by atomic mass is 10.2. The number of hydrogen-bond donors (Lipinski definition) is 2. The predicted octanol–water partition coefficient (Wildman–Crippen LogP) is 2.43. The molecule has 0 aromatic carbocycles. The van der Waals surface area contributed by atoms with Crippen molar-refractivity contribution < 1.29 is 9.53 Å². The number of rotatable bonds is 8. The minimum atomic E-state index is -0.109. The first kappa shape index (κ1) is 18.2. The zero-order chi connectivity index (χ0) is 18.4. The van der Waals surface area contributed by atoms with E-state index >= 15 is 0 Å². The highest BCUT2D eigenvalue weighted by molar-refractivity contribution is 7.20. The van der Waals surface area contributed by atoms with E-state index in [9.17, 15) is 4.79 Å². The summed E-state index contributed by atoms with van der Waals surface area (Å²) in [4.78, 5) is 26.8. The number of nitrogens with zero attached hydrogens (tertiary/aromatic N) is 3. The van der Waals surface area contributed by atoms with Crippen molar-refractivity contribution in [1.29, 1.82) is 0 Å². The standard InChI is InChI=1S/C18H21N5O2S/c1-12-14-16(20-8-6-13-5-3-4-7-19-13)22-11-23-18(14)26-15(12)17(24)21-9-10-25-2/h3-5,7,11H,6,8-10H2,1-2H3,(H,21,24)(H,20,22,23). The van der Waals surface area contributed by atoms with Crippen molar-refractivity contribution >= 4 is 33.3 Å². The van der Waals surface area contributed by atoms with Crippen molar-refractivity contribution in [2.24, 2.45) is 0 Å². The lowest BCUT2D eigenvalue weighted by molar-refractivity contribution is 0.0940. The first-order valence-electron chi connectivity index (χ1n) is 8.35. The second kappa shape index (κ2) is 8.68. The molecular formula is C18H21N5O2S. The van der Waals surface area contributed by atoms with E-state index in [0.717, 1.165) is 33.7 Å². The molecule has 8 heteroatoms. The van der Waals surface area contributed by atoms with Crippen molar-refractivity contribution in [2.45, 2.75) is 13.3 Å². The molecule has 0 saturated heterocycles. The molecule has 3 aromatic rings. The monoisotopic (exact) mass is 371 g/mol. The van der Waals surface area contributed by atoms with Crippen LogP contribution in [0.5, 0.6) is 0 Å². The summed E-state index contributed by atoms with van der Waals surface area (Å²) in [6.07, 6.45) is 4.10. The predicted molar refractivity (Wildman–Crippen MR) is 103 cm³/mol. The Labute approximate surface area is 155 Å². The van der Waals surface area contributed by atoms with Crippen LogP contribution in [0, 0.1) is 6.92 Å². The third-order valence-corrected chi connectivity index (χ3v) is 5.12. The van der Waals surface area contributed by atoms with Gasteiger partial charge in [-0.2, -0.15) is 0 Å². The van der Waals surface area contributed by atoms with Crippen molar-refractivity contribution in [3.63, 3.8) is 0 Å². The summed E-state index contributed by atoms with van der Waals surface area (Å²) in [6, 6.07) is 5.87. The fraction of sp³-hybridized carbons (Fsp3) is 0.333. The third-order valence-electron chi connectivity index (χ3n) is 3.92. The molecule has 0 radical (unpaired) electrons. The van der Waals surface area contributed by atoms with Gasteiger partial charge in [0.15, 0.2) is 0 Å². The van der Waals surface area contributed by atoms with Gasteiger partial charge in [0.1, 0.15) is 17.0 Å². The Balaban J connectivity index is 1.75. The van der Waals surface area contributed by atoms with Crippen LogP contribution < -0.4 is 10.6 Å². The van der Waals surface area contributed by atoms with E-state index in [1.807, 2.05) is 25.1 Å². The molecule has 2 N–H and O–H groups in total. The van der Waals surface area contributed by atoms with Crippen LogP contribution in [0.3, 0.4) is 0 Å². The van der Waals surface area contributed by atoms with Crippen LogP contribution in [0.1, 0.15) is 20.9 Å². The van der Waals surface area contributed by atoms with E-state index in [2.05, 4.69) is 25.6 Å². The average Bonchev–Trinajstić information content (AvgIpc) is 3.00. The van der Waals surface area contributed by atoms with Crippen LogP contribution in [0.2, 0.25) is 0 Å². The summed E-state index contributed by atoms with van der Waals surface area (Å²) >= 11 is 1.38. The van der Waals surface area contributed by atoms with Gasteiger partial charge in [-0.15, -0.1) is 11.3 Å². The van der Waals surface area contributed by atoms with Gasteiger partial charge in [-0.1, -0.05) is 6.07 Å². The van der Waals surface area contributed by atoms with Gasteiger partial charge in [0.05, 0.1) is 16.9 Å². The molecule has 0 bridgehead atoms. The molecule has 136 valence electrons. The molecule has 3 aromatic heterocycles.